The second kappa shape index (κ2) is 5.46. The maximum Gasteiger partial charge on any atom is 0.185 e. The number of aromatic nitrogens is 1. The van der Waals surface area contributed by atoms with Gasteiger partial charge in [-0.1, -0.05) is 17.8 Å². The van der Waals surface area contributed by atoms with Crippen molar-refractivity contribution in [3.8, 4) is 0 Å². The molecule has 0 aromatic carbocycles. The Morgan fingerprint density at radius 2 is 2.50 bits per heavy atom. The van der Waals surface area contributed by atoms with Crippen molar-refractivity contribution in [1.82, 2.24) is 10.3 Å². The minimum Gasteiger partial charge on any atom is -0.316 e. The standard InChI is InChI=1S/C12H16N2OS/c1-9(15)16-8-11-6-14-7-12(11)10-3-2-4-13-5-10/h2-5,11-12,14H,6-8H2,1H3. The summed E-state index contributed by atoms with van der Waals surface area (Å²) < 4.78 is 0. The predicted octanol–water partition coefficient (Wildman–Crippen LogP) is 1.66. The smallest absolute Gasteiger partial charge is 0.185 e. The van der Waals surface area contributed by atoms with Crippen LogP contribution in [-0.4, -0.2) is 28.9 Å². The van der Waals surface area contributed by atoms with E-state index >= 15 is 0 Å². The average molecular weight is 236 g/mol. The Balaban J connectivity index is 2.01. The van der Waals surface area contributed by atoms with Gasteiger partial charge < -0.3 is 5.32 Å². The van der Waals surface area contributed by atoms with Gasteiger partial charge in [0.15, 0.2) is 5.12 Å². The van der Waals surface area contributed by atoms with E-state index in [4.69, 9.17) is 0 Å². The second-order valence-electron chi connectivity index (χ2n) is 4.11. The van der Waals surface area contributed by atoms with Gasteiger partial charge in [0.25, 0.3) is 0 Å². The molecule has 3 nitrogen and oxygen atoms in total. The fourth-order valence-electron chi connectivity index (χ4n) is 2.12. The number of hydrogen-bond acceptors (Lipinski definition) is 4. The molecule has 1 aromatic heterocycles. The van der Waals surface area contributed by atoms with Crippen LogP contribution >= 0.6 is 11.8 Å². The van der Waals surface area contributed by atoms with Crippen LogP contribution in [-0.2, 0) is 4.79 Å². The van der Waals surface area contributed by atoms with E-state index in [0.717, 1.165) is 18.8 Å². The lowest BCUT2D eigenvalue weighted by Crippen LogP contribution is -2.14. The van der Waals surface area contributed by atoms with E-state index in [1.54, 1.807) is 13.1 Å². The average Bonchev–Trinajstić information content (AvgIpc) is 2.75. The van der Waals surface area contributed by atoms with Crippen LogP contribution < -0.4 is 5.32 Å². The molecule has 0 radical (unpaired) electrons. The molecule has 2 atom stereocenters. The zero-order valence-corrected chi connectivity index (χ0v) is 10.2. The molecule has 2 unspecified atom stereocenters. The molecule has 1 N–H and O–H groups in total. The Hall–Kier alpha value is -0.870. The molecule has 16 heavy (non-hydrogen) atoms. The first kappa shape index (κ1) is 11.6. The van der Waals surface area contributed by atoms with Gasteiger partial charge in [-0.05, 0) is 24.1 Å². The first-order valence-corrected chi connectivity index (χ1v) is 6.50. The highest BCUT2D eigenvalue weighted by atomic mass is 32.2. The number of rotatable bonds is 3. The van der Waals surface area contributed by atoms with E-state index in [1.807, 2.05) is 12.3 Å². The number of carbonyl (C=O) groups excluding carboxylic acids is 1. The molecular weight excluding hydrogens is 220 g/mol. The SMILES string of the molecule is CC(=O)SCC1CNCC1c1cccnc1. The lowest BCUT2D eigenvalue weighted by atomic mass is 9.91. The van der Waals surface area contributed by atoms with Gasteiger partial charge in [-0.15, -0.1) is 0 Å². The first-order valence-electron chi connectivity index (χ1n) is 5.51. The minimum atomic E-state index is 0.205. The van der Waals surface area contributed by atoms with Crippen molar-refractivity contribution in [2.24, 2.45) is 5.92 Å². The highest BCUT2D eigenvalue weighted by Crippen LogP contribution is 2.30. The van der Waals surface area contributed by atoms with Crippen LogP contribution in [0.15, 0.2) is 24.5 Å². The zero-order chi connectivity index (χ0) is 11.4. The maximum absolute atomic E-state index is 11.0. The number of carbonyl (C=O) groups is 1. The van der Waals surface area contributed by atoms with Crippen LogP contribution in [0.1, 0.15) is 18.4 Å². The molecule has 1 aliphatic rings. The first-order chi connectivity index (χ1) is 7.77. The van der Waals surface area contributed by atoms with Crippen molar-refractivity contribution in [3.05, 3.63) is 30.1 Å². The quantitative estimate of drug-likeness (QED) is 0.866. The lowest BCUT2D eigenvalue weighted by Gasteiger charge is -2.17. The van der Waals surface area contributed by atoms with Gasteiger partial charge in [0.2, 0.25) is 0 Å². The monoisotopic (exact) mass is 236 g/mol. The molecule has 4 heteroatoms. The zero-order valence-electron chi connectivity index (χ0n) is 9.35. The Morgan fingerprint density at radius 3 is 3.19 bits per heavy atom. The van der Waals surface area contributed by atoms with Crippen molar-refractivity contribution >= 4 is 16.9 Å². The van der Waals surface area contributed by atoms with E-state index in [-0.39, 0.29) is 5.12 Å². The van der Waals surface area contributed by atoms with Gasteiger partial charge >= 0.3 is 0 Å². The highest BCUT2D eigenvalue weighted by molar-refractivity contribution is 8.13. The summed E-state index contributed by atoms with van der Waals surface area (Å²) in [4.78, 5) is 15.1. The summed E-state index contributed by atoms with van der Waals surface area (Å²) in [7, 11) is 0. The van der Waals surface area contributed by atoms with E-state index in [9.17, 15) is 4.79 Å². The van der Waals surface area contributed by atoms with Crippen molar-refractivity contribution in [2.75, 3.05) is 18.8 Å². The normalized spacial score (nSPS) is 24.6. The van der Waals surface area contributed by atoms with Crippen LogP contribution in [0, 0.1) is 5.92 Å². The molecule has 1 aliphatic heterocycles. The second-order valence-corrected chi connectivity index (χ2v) is 5.31. The minimum absolute atomic E-state index is 0.205. The third kappa shape index (κ3) is 2.83. The van der Waals surface area contributed by atoms with E-state index in [0.29, 0.717) is 11.8 Å². The van der Waals surface area contributed by atoms with Gasteiger partial charge in [-0.2, -0.15) is 0 Å². The summed E-state index contributed by atoms with van der Waals surface area (Å²) in [5.41, 5.74) is 1.28. The highest BCUT2D eigenvalue weighted by Gasteiger charge is 2.28. The summed E-state index contributed by atoms with van der Waals surface area (Å²) in [6.45, 7) is 3.63. The molecule has 86 valence electrons. The maximum atomic E-state index is 11.0. The van der Waals surface area contributed by atoms with E-state index in [1.165, 1.54) is 17.3 Å². The molecular formula is C12H16N2OS. The number of nitrogens with zero attached hydrogens (tertiary/aromatic N) is 1. The molecule has 0 saturated carbocycles. The fraction of sp³-hybridized carbons (Fsp3) is 0.500. The summed E-state index contributed by atoms with van der Waals surface area (Å²) in [5.74, 6) is 1.95. The lowest BCUT2D eigenvalue weighted by molar-refractivity contribution is -0.109. The van der Waals surface area contributed by atoms with Crippen molar-refractivity contribution in [3.63, 3.8) is 0 Å². The van der Waals surface area contributed by atoms with Crippen molar-refractivity contribution < 1.29 is 4.79 Å². The van der Waals surface area contributed by atoms with Crippen LogP contribution in [0.5, 0.6) is 0 Å². The van der Waals surface area contributed by atoms with E-state index in [2.05, 4.69) is 16.4 Å². The molecule has 0 bridgehead atoms. The van der Waals surface area contributed by atoms with Crippen LogP contribution in [0.4, 0.5) is 0 Å². The largest absolute Gasteiger partial charge is 0.316 e. The molecule has 0 spiro atoms. The van der Waals surface area contributed by atoms with Crippen LogP contribution in [0.2, 0.25) is 0 Å². The number of hydrogen-bond donors (Lipinski definition) is 1. The van der Waals surface area contributed by atoms with Crippen molar-refractivity contribution in [1.29, 1.82) is 0 Å². The van der Waals surface area contributed by atoms with Gasteiger partial charge in [0.1, 0.15) is 0 Å². The Labute approximate surface area is 100 Å². The van der Waals surface area contributed by atoms with Crippen molar-refractivity contribution in [2.45, 2.75) is 12.8 Å². The number of nitrogens with one attached hydrogen (secondary N) is 1. The van der Waals surface area contributed by atoms with Gasteiger partial charge in [-0.3, -0.25) is 9.78 Å². The third-order valence-electron chi connectivity index (χ3n) is 2.95. The van der Waals surface area contributed by atoms with E-state index < -0.39 is 0 Å². The van der Waals surface area contributed by atoms with Crippen LogP contribution in [0.25, 0.3) is 0 Å². The summed E-state index contributed by atoms with van der Waals surface area (Å²) in [5, 5.41) is 3.60. The van der Waals surface area contributed by atoms with Gasteiger partial charge in [-0.25, -0.2) is 0 Å². The fourth-order valence-corrected chi connectivity index (χ4v) is 2.92. The van der Waals surface area contributed by atoms with Crippen LogP contribution in [0.3, 0.4) is 0 Å². The van der Waals surface area contributed by atoms with Gasteiger partial charge in [0.05, 0.1) is 0 Å². The molecule has 2 rings (SSSR count). The molecule has 1 aromatic rings. The molecule has 1 fully saturated rings. The summed E-state index contributed by atoms with van der Waals surface area (Å²) in [6, 6.07) is 4.10. The van der Waals surface area contributed by atoms with Gasteiger partial charge in [0, 0.05) is 37.5 Å². The molecule has 0 aliphatic carbocycles. The molecule has 1 saturated heterocycles. The predicted molar refractivity (Wildman–Crippen MR) is 66.5 cm³/mol. The Kier molecular flexibility index (Phi) is 3.96. The summed E-state index contributed by atoms with van der Waals surface area (Å²) >= 11 is 1.43. The Morgan fingerprint density at radius 1 is 1.62 bits per heavy atom. The number of thioether (sulfide) groups is 1. The number of pyridine rings is 1. The summed E-state index contributed by atoms with van der Waals surface area (Å²) in [6.07, 6.45) is 3.73. The molecule has 2 heterocycles. The molecule has 0 amide bonds. The third-order valence-corrected chi connectivity index (χ3v) is 3.95. The topological polar surface area (TPSA) is 42.0 Å². The Bertz CT molecular complexity index is 355.